The Labute approximate surface area is 192 Å². The Morgan fingerprint density at radius 2 is 1.97 bits per heavy atom. The number of fused-ring (bicyclic) bond motifs is 1. The molecular formula is C25H30N4O4. The third-order valence-corrected chi connectivity index (χ3v) is 7.18. The van der Waals surface area contributed by atoms with Gasteiger partial charge in [0, 0.05) is 18.0 Å². The number of amides is 1. The van der Waals surface area contributed by atoms with E-state index in [0.717, 1.165) is 78.0 Å². The monoisotopic (exact) mass is 450 g/mol. The molecule has 1 amide bonds. The number of piperidine rings is 1. The van der Waals surface area contributed by atoms with Crippen LogP contribution in [0.5, 0.6) is 0 Å². The SMILES string of the molecule is COC(=O)C1CCC(n2c(C3CCCC(=O)N3)nc3cc(-c4c(C)noc4C)ccc32)CC1. The average molecular weight is 451 g/mol. The summed E-state index contributed by atoms with van der Waals surface area (Å²) in [7, 11) is 1.46. The van der Waals surface area contributed by atoms with Crippen molar-refractivity contribution in [2.24, 2.45) is 5.92 Å². The molecule has 1 aromatic carbocycles. The highest BCUT2D eigenvalue weighted by atomic mass is 16.5. The number of carbonyl (C=O) groups excluding carboxylic acids is 2. The molecule has 8 nitrogen and oxygen atoms in total. The first-order valence-corrected chi connectivity index (χ1v) is 11.8. The molecule has 2 aliphatic rings. The molecule has 1 atom stereocenters. The number of aryl methyl sites for hydroxylation is 2. The first kappa shape index (κ1) is 21.7. The molecule has 0 radical (unpaired) electrons. The van der Waals surface area contributed by atoms with Gasteiger partial charge in [-0.3, -0.25) is 9.59 Å². The summed E-state index contributed by atoms with van der Waals surface area (Å²) < 4.78 is 12.7. The summed E-state index contributed by atoms with van der Waals surface area (Å²) in [5.41, 5.74) is 4.83. The van der Waals surface area contributed by atoms with Gasteiger partial charge in [-0.15, -0.1) is 0 Å². The Bertz CT molecular complexity index is 1180. The van der Waals surface area contributed by atoms with Gasteiger partial charge < -0.3 is 19.1 Å². The Hall–Kier alpha value is -3.16. The number of nitrogens with zero attached hydrogens (tertiary/aromatic N) is 3. The van der Waals surface area contributed by atoms with Crippen LogP contribution < -0.4 is 5.32 Å². The van der Waals surface area contributed by atoms with Crippen molar-refractivity contribution in [3.63, 3.8) is 0 Å². The number of imidazole rings is 1. The minimum Gasteiger partial charge on any atom is -0.469 e. The van der Waals surface area contributed by atoms with Gasteiger partial charge in [-0.2, -0.15) is 0 Å². The molecule has 2 aromatic heterocycles. The summed E-state index contributed by atoms with van der Waals surface area (Å²) in [5, 5.41) is 7.24. The predicted molar refractivity (Wildman–Crippen MR) is 122 cm³/mol. The lowest BCUT2D eigenvalue weighted by Gasteiger charge is -2.31. The Kier molecular flexibility index (Phi) is 5.68. The van der Waals surface area contributed by atoms with Crippen molar-refractivity contribution in [3.8, 4) is 11.1 Å². The van der Waals surface area contributed by atoms with Gasteiger partial charge in [0.2, 0.25) is 5.91 Å². The zero-order valence-corrected chi connectivity index (χ0v) is 19.4. The molecule has 1 aliphatic heterocycles. The van der Waals surface area contributed by atoms with Crippen LogP contribution in [0.25, 0.3) is 22.2 Å². The first-order valence-electron chi connectivity index (χ1n) is 11.8. The van der Waals surface area contributed by atoms with Gasteiger partial charge in [-0.25, -0.2) is 4.98 Å². The topological polar surface area (TPSA) is 99.2 Å². The number of hydrogen-bond acceptors (Lipinski definition) is 6. The molecule has 0 bridgehead atoms. The van der Waals surface area contributed by atoms with E-state index in [4.69, 9.17) is 14.2 Å². The van der Waals surface area contributed by atoms with E-state index in [0.29, 0.717) is 6.42 Å². The Morgan fingerprint density at radius 1 is 1.18 bits per heavy atom. The molecule has 8 heteroatoms. The molecule has 3 heterocycles. The van der Waals surface area contributed by atoms with Crippen LogP contribution in [0.1, 0.15) is 74.3 Å². The molecule has 3 aromatic rings. The third kappa shape index (κ3) is 3.92. The van der Waals surface area contributed by atoms with Crippen molar-refractivity contribution < 1.29 is 18.8 Å². The lowest BCUT2D eigenvalue weighted by atomic mass is 9.85. The minimum atomic E-state index is -0.118. The Morgan fingerprint density at radius 3 is 2.64 bits per heavy atom. The summed E-state index contributed by atoms with van der Waals surface area (Å²) in [6.07, 6.45) is 5.66. The molecule has 174 valence electrons. The van der Waals surface area contributed by atoms with Crippen molar-refractivity contribution in [2.75, 3.05) is 7.11 Å². The van der Waals surface area contributed by atoms with Gasteiger partial charge in [0.1, 0.15) is 11.6 Å². The summed E-state index contributed by atoms with van der Waals surface area (Å²) in [5.74, 6) is 1.62. The van der Waals surface area contributed by atoms with E-state index < -0.39 is 0 Å². The van der Waals surface area contributed by atoms with Gasteiger partial charge in [-0.1, -0.05) is 11.2 Å². The summed E-state index contributed by atoms with van der Waals surface area (Å²) in [6.45, 7) is 3.86. The second-order valence-corrected chi connectivity index (χ2v) is 9.28. The van der Waals surface area contributed by atoms with E-state index in [1.165, 1.54) is 7.11 Å². The molecule has 0 spiro atoms. The fourth-order valence-corrected chi connectivity index (χ4v) is 5.53. The number of methoxy groups -OCH3 is 1. The standard InChI is InChI=1S/C25H30N4O4/c1-14-23(15(2)33-28-14)17-9-12-21-20(13-17)27-24(19-5-4-6-22(30)26-19)29(21)18-10-7-16(8-11-18)25(31)32-3/h9,12-13,16,18-19H,4-8,10-11H2,1-3H3,(H,26,30). The van der Waals surface area contributed by atoms with Gasteiger partial charge in [0.25, 0.3) is 0 Å². The second-order valence-electron chi connectivity index (χ2n) is 9.28. The average Bonchev–Trinajstić information content (AvgIpc) is 3.37. The number of esters is 1. The van der Waals surface area contributed by atoms with Gasteiger partial charge in [-0.05, 0) is 70.1 Å². The highest BCUT2D eigenvalue weighted by Crippen LogP contribution is 2.39. The summed E-state index contributed by atoms with van der Waals surface area (Å²) in [4.78, 5) is 29.2. The van der Waals surface area contributed by atoms with Crippen molar-refractivity contribution in [2.45, 2.75) is 70.9 Å². The van der Waals surface area contributed by atoms with Crippen molar-refractivity contribution in [3.05, 3.63) is 35.5 Å². The van der Waals surface area contributed by atoms with Gasteiger partial charge in [0.05, 0.1) is 35.8 Å². The van der Waals surface area contributed by atoms with Crippen molar-refractivity contribution in [1.29, 1.82) is 0 Å². The zero-order valence-electron chi connectivity index (χ0n) is 19.4. The molecule has 1 N–H and O–H groups in total. The van der Waals surface area contributed by atoms with Gasteiger partial charge in [0.15, 0.2) is 0 Å². The smallest absolute Gasteiger partial charge is 0.308 e. The van der Waals surface area contributed by atoms with Crippen molar-refractivity contribution in [1.82, 2.24) is 20.0 Å². The number of benzene rings is 1. The number of hydrogen-bond donors (Lipinski definition) is 1. The van der Waals surface area contributed by atoms with Crippen LogP contribution in [0.15, 0.2) is 22.7 Å². The lowest BCUT2D eigenvalue weighted by molar-refractivity contribution is -0.146. The summed E-state index contributed by atoms with van der Waals surface area (Å²) in [6, 6.07) is 6.43. The number of ether oxygens (including phenoxy) is 1. The highest BCUT2D eigenvalue weighted by Gasteiger charge is 2.32. The quantitative estimate of drug-likeness (QED) is 0.585. The van der Waals surface area contributed by atoms with Crippen LogP contribution in [0, 0.1) is 19.8 Å². The molecule has 1 unspecified atom stereocenters. The molecular weight excluding hydrogens is 420 g/mol. The van der Waals surface area contributed by atoms with Gasteiger partial charge >= 0.3 is 5.97 Å². The minimum absolute atomic E-state index is 0.0370. The summed E-state index contributed by atoms with van der Waals surface area (Å²) >= 11 is 0. The normalized spacial score (nSPS) is 23.5. The number of rotatable bonds is 4. The van der Waals surface area contributed by atoms with Crippen molar-refractivity contribution >= 4 is 22.9 Å². The molecule has 1 saturated carbocycles. The van der Waals surface area contributed by atoms with Crippen LogP contribution in [-0.2, 0) is 14.3 Å². The number of nitrogens with one attached hydrogen (secondary N) is 1. The Balaban J connectivity index is 1.56. The highest BCUT2D eigenvalue weighted by molar-refractivity contribution is 5.84. The molecule has 5 rings (SSSR count). The van der Waals surface area contributed by atoms with E-state index in [-0.39, 0.29) is 29.9 Å². The predicted octanol–water partition coefficient (Wildman–Crippen LogP) is 4.55. The third-order valence-electron chi connectivity index (χ3n) is 7.18. The first-order chi connectivity index (χ1) is 16.0. The number of carbonyl (C=O) groups is 2. The second kappa shape index (κ2) is 8.65. The zero-order chi connectivity index (χ0) is 23.1. The maximum absolute atomic E-state index is 12.2. The molecule has 2 fully saturated rings. The van der Waals surface area contributed by atoms with Crippen LogP contribution in [-0.4, -0.2) is 33.7 Å². The maximum atomic E-state index is 12.2. The fourth-order valence-electron chi connectivity index (χ4n) is 5.53. The van der Waals surface area contributed by atoms with E-state index in [1.807, 2.05) is 13.8 Å². The molecule has 33 heavy (non-hydrogen) atoms. The van der Waals surface area contributed by atoms with Crippen LogP contribution in [0.2, 0.25) is 0 Å². The van der Waals surface area contributed by atoms with E-state index in [1.54, 1.807) is 0 Å². The number of aromatic nitrogens is 3. The maximum Gasteiger partial charge on any atom is 0.308 e. The molecule has 1 saturated heterocycles. The largest absolute Gasteiger partial charge is 0.469 e. The van der Waals surface area contributed by atoms with E-state index in [9.17, 15) is 9.59 Å². The fraction of sp³-hybridized carbons (Fsp3) is 0.520. The lowest BCUT2D eigenvalue weighted by Crippen LogP contribution is -2.35. The van der Waals surface area contributed by atoms with Crippen LogP contribution in [0.3, 0.4) is 0 Å². The van der Waals surface area contributed by atoms with E-state index in [2.05, 4.69) is 33.2 Å². The van der Waals surface area contributed by atoms with Crippen LogP contribution >= 0.6 is 0 Å². The van der Waals surface area contributed by atoms with E-state index >= 15 is 0 Å². The van der Waals surface area contributed by atoms with Crippen LogP contribution in [0.4, 0.5) is 0 Å². The molecule has 1 aliphatic carbocycles.